The number of nitrogens with one attached hydrogen (secondary N) is 1. The van der Waals surface area contributed by atoms with Crippen LogP contribution in [0.4, 0.5) is 10.1 Å². The first-order valence-corrected chi connectivity index (χ1v) is 5.86. The lowest BCUT2D eigenvalue weighted by atomic mass is 9.95. The van der Waals surface area contributed by atoms with Crippen LogP contribution < -0.4 is 5.32 Å². The molecule has 82 valence electrons. The number of halogens is 2. The van der Waals surface area contributed by atoms with Crippen LogP contribution in [-0.2, 0) is 0 Å². The zero-order valence-corrected chi connectivity index (χ0v) is 9.36. The first kappa shape index (κ1) is 10.7. The molecule has 1 aliphatic carbocycles. The van der Waals surface area contributed by atoms with Crippen molar-refractivity contribution >= 4 is 17.3 Å². The summed E-state index contributed by atoms with van der Waals surface area (Å²) in [5.41, 5.74) is 0.464. The standard InChI is InChI=1S/C12H15ClFN/c13-10-7-4-8-11(14)12(10)15-9-5-2-1-3-6-9/h4,7-9,15H,1-3,5-6H2. The van der Waals surface area contributed by atoms with Crippen molar-refractivity contribution in [2.75, 3.05) is 5.32 Å². The second kappa shape index (κ2) is 4.84. The van der Waals surface area contributed by atoms with E-state index < -0.39 is 0 Å². The maximum Gasteiger partial charge on any atom is 0.147 e. The highest BCUT2D eigenvalue weighted by Crippen LogP contribution is 2.28. The average molecular weight is 228 g/mol. The van der Waals surface area contributed by atoms with Crippen molar-refractivity contribution in [2.24, 2.45) is 0 Å². The van der Waals surface area contributed by atoms with Gasteiger partial charge in [-0.1, -0.05) is 36.9 Å². The molecule has 1 saturated carbocycles. The molecule has 1 aromatic rings. The fourth-order valence-corrected chi connectivity index (χ4v) is 2.30. The van der Waals surface area contributed by atoms with Crippen molar-refractivity contribution in [3.05, 3.63) is 29.0 Å². The largest absolute Gasteiger partial charge is 0.379 e. The van der Waals surface area contributed by atoms with Crippen molar-refractivity contribution in [1.29, 1.82) is 0 Å². The van der Waals surface area contributed by atoms with Gasteiger partial charge < -0.3 is 5.32 Å². The summed E-state index contributed by atoms with van der Waals surface area (Å²) in [7, 11) is 0. The van der Waals surface area contributed by atoms with E-state index in [0.717, 1.165) is 12.8 Å². The van der Waals surface area contributed by atoms with Crippen molar-refractivity contribution in [3.63, 3.8) is 0 Å². The number of para-hydroxylation sites is 1. The average Bonchev–Trinajstić information content (AvgIpc) is 2.25. The normalized spacial score (nSPS) is 17.7. The maximum absolute atomic E-state index is 13.5. The van der Waals surface area contributed by atoms with Gasteiger partial charge in [0.2, 0.25) is 0 Å². The van der Waals surface area contributed by atoms with Crippen molar-refractivity contribution in [1.82, 2.24) is 0 Å². The van der Waals surface area contributed by atoms with Gasteiger partial charge >= 0.3 is 0 Å². The number of benzene rings is 1. The van der Waals surface area contributed by atoms with E-state index in [2.05, 4.69) is 5.32 Å². The van der Waals surface area contributed by atoms with Crippen LogP contribution >= 0.6 is 11.6 Å². The highest BCUT2D eigenvalue weighted by Gasteiger charge is 2.16. The highest BCUT2D eigenvalue weighted by molar-refractivity contribution is 6.33. The molecule has 0 aliphatic heterocycles. The summed E-state index contributed by atoms with van der Waals surface area (Å²) in [5, 5.41) is 3.68. The van der Waals surface area contributed by atoms with E-state index in [1.54, 1.807) is 12.1 Å². The SMILES string of the molecule is Fc1cccc(Cl)c1NC1CCCCC1. The molecule has 15 heavy (non-hydrogen) atoms. The van der Waals surface area contributed by atoms with Crippen LogP contribution in [0, 0.1) is 5.82 Å². The number of hydrogen-bond donors (Lipinski definition) is 1. The van der Waals surface area contributed by atoms with Gasteiger partial charge in [0.1, 0.15) is 5.82 Å². The van der Waals surface area contributed by atoms with Gasteiger partial charge in [0.15, 0.2) is 0 Å². The minimum atomic E-state index is -0.256. The summed E-state index contributed by atoms with van der Waals surface area (Å²) in [6.45, 7) is 0. The maximum atomic E-state index is 13.5. The molecule has 0 radical (unpaired) electrons. The van der Waals surface area contributed by atoms with Crippen molar-refractivity contribution in [2.45, 2.75) is 38.1 Å². The highest BCUT2D eigenvalue weighted by atomic mass is 35.5. The van der Waals surface area contributed by atoms with E-state index in [9.17, 15) is 4.39 Å². The van der Waals surface area contributed by atoms with Crippen LogP contribution in [0.2, 0.25) is 5.02 Å². The smallest absolute Gasteiger partial charge is 0.147 e. The van der Waals surface area contributed by atoms with Crippen LogP contribution in [0.3, 0.4) is 0 Å². The summed E-state index contributed by atoms with van der Waals surface area (Å²) in [6, 6.07) is 5.17. The third kappa shape index (κ3) is 2.63. The second-order valence-electron chi connectivity index (χ2n) is 4.08. The Morgan fingerprint density at radius 3 is 2.60 bits per heavy atom. The van der Waals surface area contributed by atoms with Crippen LogP contribution in [-0.4, -0.2) is 6.04 Å². The van der Waals surface area contributed by atoms with Crippen LogP contribution in [0.1, 0.15) is 32.1 Å². The molecule has 0 amide bonds. The minimum Gasteiger partial charge on any atom is -0.379 e. The molecule has 1 N–H and O–H groups in total. The molecule has 0 aromatic heterocycles. The summed E-state index contributed by atoms with van der Waals surface area (Å²) in [5.74, 6) is -0.256. The lowest BCUT2D eigenvalue weighted by molar-refractivity contribution is 0.460. The number of rotatable bonds is 2. The fourth-order valence-electron chi connectivity index (χ4n) is 2.09. The predicted octanol–water partition coefficient (Wildman–Crippen LogP) is 4.22. The minimum absolute atomic E-state index is 0.256. The lowest BCUT2D eigenvalue weighted by Gasteiger charge is -2.24. The molecule has 2 rings (SSSR count). The lowest BCUT2D eigenvalue weighted by Crippen LogP contribution is -2.22. The summed E-state index contributed by atoms with van der Waals surface area (Å²) < 4.78 is 13.5. The predicted molar refractivity (Wildman–Crippen MR) is 61.9 cm³/mol. The molecule has 1 nitrogen and oxygen atoms in total. The fraction of sp³-hybridized carbons (Fsp3) is 0.500. The Hall–Kier alpha value is -0.760. The quantitative estimate of drug-likeness (QED) is 0.798. The summed E-state index contributed by atoms with van der Waals surface area (Å²) >= 11 is 5.95. The number of anilines is 1. The molecule has 1 aromatic carbocycles. The Morgan fingerprint density at radius 1 is 1.20 bits per heavy atom. The molecule has 3 heteroatoms. The Balaban J connectivity index is 2.09. The first-order chi connectivity index (χ1) is 7.27. The Kier molecular flexibility index (Phi) is 3.47. The Labute approximate surface area is 94.6 Å². The van der Waals surface area contributed by atoms with Crippen molar-refractivity contribution < 1.29 is 4.39 Å². The second-order valence-corrected chi connectivity index (χ2v) is 4.48. The van der Waals surface area contributed by atoms with E-state index in [1.165, 1.54) is 25.3 Å². The van der Waals surface area contributed by atoms with Gasteiger partial charge in [0, 0.05) is 6.04 Å². The van der Waals surface area contributed by atoms with E-state index in [-0.39, 0.29) is 5.82 Å². The van der Waals surface area contributed by atoms with Gasteiger partial charge in [0.05, 0.1) is 10.7 Å². The molecule has 0 unspecified atom stereocenters. The monoisotopic (exact) mass is 227 g/mol. The Bertz CT molecular complexity index is 314. The van der Waals surface area contributed by atoms with Gasteiger partial charge in [-0.15, -0.1) is 0 Å². The van der Waals surface area contributed by atoms with Gasteiger partial charge in [0.25, 0.3) is 0 Å². The zero-order chi connectivity index (χ0) is 10.7. The van der Waals surface area contributed by atoms with E-state index in [4.69, 9.17) is 11.6 Å². The zero-order valence-electron chi connectivity index (χ0n) is 8.60. The molecule has 0 spiro atoms. The molecule has 0 heterocycles. The van der Waals surface area contributed by atoms with Gasteiger partial charge in [-0.3, -0.25) is 0 Å². The molecule has 0 atom stereocenters. The topological polar surface area (TPSA) is 12.0 Å². The van der Waals surface area contributed by atoms with Crippen LogP contribution in [0.25, 0.3) is 0 Å². The van der Waals surface area contributed by atoms with E-state index in [0.29, 0.717) is 16.8 Å². The number of hydrogen-bond acceptors (Lipinski definition) is 1. The molecule has 1 aliphatic rings. The van der Waals surface area contributed by atoms with E-state index >= 15 is 0 Å². The molecule has 1 fully saturated rings. The van der Waals surface area contributed by atoms with Gasteiger partial charge in [-0.05, 0) is 25.0 Å². The van der Waals surface area contributed by atoms with Gasteiger partial charge in [-0.25, -0.2) is 4.39 Å². The van der Waals surface area contributed by atoms with Crippen LogP contribution in [0.15, 0.2) is 18.2 Å². The van der Waals surface area contributed by atoms with E-state index in [1.807, 2.05) is 0 Å². The third-order valence-electron chi connectivity index (χ3n) is 2.92. The first-order valence-electron chi connectivity index (χ1n) is 5.48. The molecular formula is C12H15ClFN. The third-order valence-corrected chi connectivity index (χ3v) is 3.23. The molecule has 0 saturated heterocycles. The summed E-state index contributed by atoms with van der Waals surface area (Å²) in [6.07, 6.45) is 5.98. The van der Waals surface area contributed by atoms with Gasteiger partial charge in [-0.2, -0.15) is 0 Å². The Morgan fingerprint density at radius 2 is 1.93 bits per heavy atom. The summed E-state index contributed by atoms with van der Waals surface area (Å²) in [4.78, 5) is 0. The van der Waals surface area contributed by atoms with Crippen molar-refractivity contribution in [3.8, 4) is 0 Å². The molecule has 0 bridgehead atoms. The van der Waals surface area contributed by atoms with Crippen LogP contribution in [0.5, 0.6) is 0 Å². The molecular weight excluding hydrogens is 213 g/mol.